The minimum atomic E-state index is -0.778. The topological polar surface area (TPSA) is 66.4 Å². The Bertz CT molecular complexity index is 489. The van der Waals surface area contributed by atoms with Crippen LogP contribution in [0.1, 0.15) is 54.3 Å². The number of carboxylic acid groups (broad SMARTS) is 1. The summed E-state index contributed by atoms with van der Waals surface area (Å²) in [6.07, 6.45) is 5.09. The number of carbonyl (C=O) groups excluding carboxylic acids is 1. The van der Waals surface area contributed by atoms with Gasteiger partial charge in [0.25, 0.3) is 5.91 Å². The molecule has 1 aromatic rings. The van der Waals surface area contributed by atoms with E-state index in [1.165, 1.54) is 11.3 Å². The second-order valence-corrected chi connectivity index (χ2v) is 6.37. The highest BCUT2D eigenvalue weighted by molar-refractivity contribution is 7.12. The van der Waals surface area contributed by atoms with Crippen LogP contribution in [-0.4, -0.2) is 23.5 Å². The molecule has 1 saturated carbocycles. The molecule has 0 aliphatic heterocycles. The van der Waals surface area contributed by atoms with Crippen molar-refractivity contribution in [3.8, 4) is 0 Å². The molecule has 0 spiro atoms. The number of carbonyl (C=O) groups is 2. The molecule has 4 nitrogen and oxygen atoms in total. The molecule has 0 bridgehead atoms. The first-order chi connectivity index (χ1) is 9.59. The van der Waals surface area contributed by atoms with Crippen molar-refractivity contribution < 1.29 is 14.7 Å². The van der Waals surface area contributed by atoms with E-state index in [2.05, 4.69) is 5.32 Å². The fourth-order valence-corrected chi connectivity index (χ4v) is 3.75. The Hall–Kier alpha value is -1.36. The lowest BCUT2D eigenvalue weighted by Crippen LogP contribution is -2.44. The van der Waals surface area contributed by atoms with Crippen LogP contribution in [-0.2, 0) is 11.2 Å². The first-order valence-electron chi connectivity index (χ1n) is 7.17. The fourth-order valence-electron chi connectivity index (χ4n) is 2.84. The van der Waals surface area contributed by atoms with Crippen LogP contribution in [0, 0.1) is 5.41 Å². The molecule has 0 aromatic carbocycles. The van der Waals surface area contributed by atoms with Gasteiger partial charge in [-0.05, 0) is 36.3 Å². The molecule has 1 amide bonds. The molecule has 0 atom stereocenters. The summed E-state index contributed by atoms with van der Waals surface area (Å²) in [5.74, 6) is -0.914. The van der Waals surface area contributed by atoms with E-state index in [9.17, 15) is 14.7 Å². The van der Waals surface area contributed by atoms with Gasteiger partial charge in [0.05, 0.1) is 10.3 Å². The van der Waals surface area contributed by atoms with Gasteiger partial charge in [0.1, 0.15) is 0 Å². The largest absolute Gasteiger partial charge is 0.481 e. The number of rotatable bonds is 5. The zero-order valence-corrected chi connectivity index (χ0v) is 12.6. The van der Waals surface area contributed by atoms with Crippen LogP contribution in [0.3, 0.4) is 0 Å². The lowest BCUT2D eigenvalue weighted by Gasteiger charge is -2.33. The highest BCUT2D eigenvalue weighted by Crippen LogP contribution is 2.36. The molecule has 2 rings (SSSR count). The maximum Gasteiger partial charge on any atom is 0.311 e. The fraction of sp³-hybridized carbons (Fsp3) is 0.600. The Balaban J connectivity index is 2.03. The maximum atomic E-state index is 12.2. The summed E-state index contributed by atoms with van der Waals surface area (Å²) in [5, 5.41) is 14.2. The predicted octanol–water partition coefficient (Wildman–Crippen LogP) is 3.08. The van der Waals surface area contributed by atoms with Gasteiger partial charge in [-0.25, -0.2) is 0 Å². The first-order valence-corrected chi connectivity index (χ1v) is 8.05. The van der Waals surface area contributed by atoms with Crippen molar-refractivity contribution in [3.63, 3.8) is 0 Å². The molecule has 110 valence electrons. The maximum absolute atomic E-state index is 12.2. The highest BCUT2D eigenvalue weighted by atomic mass is 32.1. The lowest BCUT2D eigenvalue weighted by atomic mass is 9.74. The Labute approximate surface area is 123 Å². The van der Waals surface area contributed by atoms with Crippen molar-refractivity contribution in [2.24, 2.45) is 5.41 Å². The summed E-state index contributed by atoms with van der Waals surface area (Å²) in [7, 11) is 0. The minimum Gasteiger partial charge on any atom is -0.481 e. The molecule has 1 aliphatic carbocycles. The summed E-state index contributed by atoms with van der Waals surface area (Å²) in [5.41, 5.74) is 0.262. The normalized spacial score (nSPS) is 17.6. The van der Waals surface area contributed by atoms with E-state index in [1.54, 1.807) is 0 Å². The lowest BCUT2D eigenvalue weighted by molar-refractivity contribution is -0.150. The molecule has 0 saturated heterocycles. The summed E-state index contributed by atoms with van der Waals surface area (Å²) in [6.45, 7) is 2.25. The molecule has 1 heterocycles. The average Bonchev–Trinajstić information content (AvgIpc) is 2.94. The molecule has 0 unspecified atom stereocenters. The SMILES string of the molecule is CCc1ccsc1C(=O)NCC1(C(=O)O)CCCCC1. The number of hydrogen-bond acceptors (Lipinski definition) is 3. The Kier molecular flexibility index (Phi) is 4.81. The first kappa shape index (κ1) is 15.0. The van der Waals surface area contributed by atoms with E-state index >= 15 is 0 Å². The van der Waals surface area contributed by atoms with Gasteiger partial charge in [0.15, 0.2) is 0 Å². The quantitative estimate of drug-likeness (QED) is 0.877. The van der Waals surface area contributed by atoms with E-state index in [4.69, 9.17) is 0 Å². The number of hydrogen-bond donors (Lipinski definition) is 2. The van der Waals surface area contributed by atoms with Crippen LogP contribution >= 0.6 is 11.3 Å². The molecular formula is C15H21NO3S. The second kappa shape index (κ2) is 6.39. The van der Waals surface area contributed by atoms with Crippen molar-refractivity contribution >= 4 is 23.2 Å². The monoisotopic (exact) mass is 295 g/mol. The van der Waals surface area contributed by atoms with Crippen molar-refractivity contribution in [3.05, 3.63) is 21.9 Å². The van der Waals surface area contributed by atoms with E-state index in [-0.39, 0.29) is 12.5 Å². The third kappa shape index (κ3) is 3.03. The second-order valence-electron chi connectivity index (χ2n) is 5.46. The summed E-state index contributed by atoms with van der Waals surface area (Å²) >= 11 is 1.42. The number of aryl methyl sites for hydroxylation is 1. The van der Waals surface area contributed by atoms with Gasteiger partial charge in [0.2, 0.25) is 0 Å². The standard InChI is InChI=1S/C15H21NO3S/c1-2-11-6-9-20-12(11)13(17)16-10-15(14(18)19)7-4-3-5-8-15/h6,9H,2-5,7-8,10H2,1H3,(H,16,17)(H,18,19). The summed E-state index contributed by atoms with van der Waals surface area (Å²) in [4.78, 5) is 24.5. The summed E-state index contributed by atoms with van der Waals surface area (Å²) < 4.78 is 0. The zero-order chi connectivity index (χ0) is 14.6. The Morgan fingerprint density at radius 3 is 2.65 bits per heavy atom. The van der Waals surface area contributed by atoms with Crippen LogP contribution in [0.25, 0.3) is 0 Å². The van der Waals surface area contributed by atoms with Crippen molar-refractivity contribution in [1.82, 2.24) is 5.32 Å². The molecule has 20 heavy (non-hydrogen) atoms. The number of amides is 1. The zero-order valence-electron chi connectivity index (χ0n) is 11.8. The van der Waals surface area contributed by atoms with Gasteiger partial charge in [-0.2, -0.15) is 0 Å². The van der Waals surface area contributed by atoms with Gasteiger partial charge in [-0.3, -0.25) is 9.59 Å². The van der Waals surface area contributed by atoms with Crippen LogP contribution in [0.4, 0.5) is 0 Å². The summed E-state index contributed by atoms with van der Waals surface area (Å²) in [6, 6.07) is 1.95. The van der Waals surface area contributed by atoms with Crippen LogP contribution < -0.4 is 5.32 Å². The van der Waals surface area contributed by atoms with Gasteiger partial charge in [0, 0.05) is 6.54 Å². The molecule has 1 fully saturated rings. The van der Waals surface area contributed by atoms with E-state index in [0.717, 1.165) is 31.2 Å². The Morgan fingerprint density at radius 1 is 1.35 bits per heavy atom. The van der Waals surface area contributed by atoms with Gasteiger partial charge >= 0.3 is 5.97 Å². The molecule has 5 heteroatoms. The molecule has 1 aromatic heterocycles. The van der Waals surface area contributed by atoms with Crippen molar-refractivity contribution in [2.75, 3.05) is 6.54 Å². The molecule has 2 N–H and O–H groups in total. The number of aliphatic carboxylic acids is 1. The number of carboxylic acids is 1. The van der Waals surface area contributed by atoms with Crippen LogP contribution in [0.15, 0.2) is 11.4 Å². The van der Waals surface area contributed by atoms with Crippen LogP contribution in [0.5, 0.6) is 0 Å². The Morgan fingerprint density at radius 2 is 2.05 bits per heavy atom. The molecule has 1 aliphatic rings. The van der Waals surface area contributed by atoms with E-state index in [1.807, 2.05) is 18.4 Å². The smallest absolute Gasteiger partial charge is 0.311 e. The molecular weight excluding hydrogens is 274 g/mol. The van der Waals surface area contributed by atoms with Gasteiger partial charge < -0.3 is 10.4 Å². The minimum absolute atomic E-state index is 0.136. The molecule has 0 radical (unpaired) electrons. The van der Waals surface area contributed by atoms with Crippen molar-refractivity contribution in [1.29, 1.82) is 0 Å². The number of thiophene rings is 1. The van der Waals surface area contributed by atoms with Crippen molar-refractivity contribution in [2.45, 2.75) is 45.4 Å². The number of nitrogens with one attached hydrogen (secondary N) is 1. The average molecular weight is 295 g/mol. The van der Waals surface area contributed by atoms with E-state index < -0.39 is 11.4 Å². The van der Waals surface area contributed by atoms with Crippen LogP contribution in [0.2, 0.25) is 0 Å². The van der Waals surface area contributed by atoms with Gasteiger partial charge in [-0.15, -0.1) is 11.3 Å². The van der Waals surface area contributed by atoms with E-state index in [0.29, 0.717) is 17.7 Å². The van der Waals surface area contributed by atoms with Gasteiger partial charge in [-0.1, -0.05) is 26.2 Å². The third-order valence-electron chi connectivity index (χ3n) is 4.19. The predicted molar refractivity (Wildman–Crippen MR) is 79.2 cm³/mol. The third-order valence-corrected chi connectivity index (χ3v) is 5.14. The highest BCUT2D eigenvalue weighted by Gasteiger charge is 2.39.